The van der Waals surface area contributed by atoms with Crippen molar-refractivity contribution in [1.82, 2.24) is 5.06 Å². The first kappa shape index (κ1) is 7.76. The van der Waals surface area contributed by atoms with Crippen LogP contribution in [0.4, 0.5) is 0 Å². The molecule has 1 aliphatic heterocycles. The summed E-state index contributed by atoms with van der Waals surface area (Å²) in [6, 6.07) is 0.479. The lowest BCUT2D eigenvalue weighted by molar-refractivity contribution is -0.197. The minimum atomic E-state index is 0.246. The molecule has 1 rings (SSSR count). The van der Waals surface area contributed by atoms with E-state index in [1.54, 1.807) is 0 Å². The first-order valence-electron chi connectivity index (χ1n) is 3.80. The molecule has 10 heavy (non-hydrogen) atoms. The van der Waals surface area contributed by atoms with Gasteiger partial charge in [-0.1, -0.05) is 12.2 Å². The van der Waals surface area contributed by atoms with Gasteiger partial charge in [-0.15, -0.1) is 0 Å². The number of nitrogens with zero attached hydrogens (tertiary/aromatic N) is 1. The number of hydrogen-bond acceptors (Lipinski definition) is 2. The van der Waals surface area contributed by atoms with Gasteiger partial charge in [-0.25, -0.2) is 0 Å². The SMILES string of the molecule is CC1C=CCN(C(C)C)O1. The monoisotopic (exact) mass is 141 g/mol. The normalized spacial score (nSPS) is 27.8. The molecule has 0 aromatic carbocycles. The molecule has 0 saturated heterocycles. The van der Waals surface area contributed by atoms with Gasteiger partial charge in [0.25, 0.3) is 0 Å². The van der Waals surface area contributed by atoms with E-state index in [9.17, 15) is 0 Å². The molecule has 0 spiro atoms. The minimum absolute atomic E-state index is 0.246. The van der Waals surface area contributed by atoms with Crippen LogP contribution >= 0.6 is 0 Å². The summed E-state index contributed by atoms with van der Waals surface area (Å²) in [6.07, 6.45) is 4.48. The van der Waals surface area contributed by atoms with E-state index in [1.165, 1.54) is 0 Å². The Morgan fingerprint density at radius 1 is 1.60 bits per heavy atom. The van der Waals surface area contributed by atoms with E-state index < -0.39 is 0 Å². The maximum atomic E-state index is 5.49. The average Bonchev–Trinajstić information content (AvgIpc) is 1.88. The molecular weight excluding hydrogens is 126 g/mol. The second-order valence-electron chi connectivity index (χ2n) is 2.93. The molecule has 0 saturated carbocycles. The highest BCUT2D eigenvalue weighted by molar-refractivity contribution is 4.92. The number of rotatable bonds is 1. The third-order valence-corrected chi connectivity index (χ3v) is 1.57. The number of hydroxylamine groups is 2. The van der Waals surface area contributed by atoms with Gasteiger partial charge in [0.2, 0.25) is 0 Å². The molecule has 0 N–H and O–H groups in total. The van der Waals surface area contributed by atoms with Crippen molar-refractivity contribution in [3.63, 3.8) is 0 Å². The fourth-order valence-electron chi connectivity index (χ4n) is 0.981. The molecule has 0 aliphatic carbocycles. The maximum absolute atomic E-state index is 5.49. The summed E-state index contributed by atoms with van der Waals surface area (Å²) in [5, 5.41) is 1.99. The molecule has 0 aromatic rings. The summed E-state index contributed by atoms with van der Waals surface area (Å²) < 4.78 is 0. The van der Waals surface area contributed by atoms with Crippen molar-refractivity contribution in [2.24, 2.45) is 0 Å². The molecular formula is C8H15NO. The molecule has 0 radical (unpaired) electrons. The summed E-state index contributed by atoms with van der Waals surface area (Å²) in [5.41, 5.74) is 0. The first-order valence-corrected chi connectivity index (χ1v) is 3.80. The molecule has 2 heteroatoms. The zero-order valence-electron chi connectivity index (χ0n) is 6.87. The van der Waals surface area contributed by atoms with Crippen molar-refractivity contribution in [2.45, 2.75) is 32.9 Å². The molecule has 0 bridgehead atoms. The third kappa shape index (κ3) is 1.82. The van der Waals surface area contributed by atoms with Gasteiger partial charge in [0.1, 0.15) is 0 Å². The van der Waals surface area contributed by atoms with E-state index >= 15 is 0 Å². The van der Waals surface area contributed by atoms with Crippen LogP contribution in [0, 0.1) is 0 Å². The summed E-state index contributed by atoms with van der Waals surface area (Å²) in [6.45, 7) is 7.23. The Kier molecular flexibility index (Phi) is 2.46. The Hall–Kier alpha value is -0.340. The Balaban J connectivity index is 2.44. The van der Waals surface area contributed by atoms with Crippen molar-refractivity contribution >= 4 is 0 Å². The van der Waals surface area contributed by atoms with Gasteiger partial charge in [-0.05, 0) is 20.8 Å². The molecule has 0 amide bonds. The highest BCUT2D eigenvalue weighted by Gasteiger charge is 2.14. The van der Waals surface area contributed by atoms with Crippen molar-refractivity contribution in [3.8, 4) is 0 Å². The molecule has 0 fully saturated rings. The topological polar surface area (TPSA) is 12.5 Å². The van der Waals surface area contributed by atoms with Gasteiger partial charge in [0, 0.05) is 12.6 Å². The van der Waals surface area contributed by atoms with Gasteiger partial charge >= 0.3 is 0 Å². The quantitative estimate of drug-likeness (QED) is 0.514. The zero-order valence-corrected chi connectivity index (χ0v) is 6.87. The summed E-state index contributed by atoms with van der Waals surface area (Å²) >= 11 is 0. The molecule has 1 aliphatic rings. The summed E-state index contributed by atoms with van der Waals surface area (Å²) in [7, 11) is 0. The van der Waals surface area contributed by atoms with Crippen LogP contribution in [-0.4, -0.2) is 23.8 Å². The van der Waals surface area contributed by atoms with Crippen molar-refractivity contribution < 1.29 is 4.84 Å². The first-order chi connectivity index (χ1) is 4.70. The Labute approximate surface area is 62.4 Å². The lowest BCUT2D eigenvalue weighted by atomic mass is 10.3. The van der Waals surface area contributed by atoms with Gasteiger partial charge < -0.3 is 0 Å². The maximum Gasteiger partial charge on any atom is 0.0946 e. The van der Waals surface area contributed by atoms with Crippen LogP contribution in [0.3, 0.4) is 0 Å². The van der Waals surface area contributed by atoms with Gasteiger partial charge in [0.05, 0.1) is 6.10 Å². The molecule has 2 nitrogen and oxygen atoms in total. The van der Waals surface area contributed by atoms with E-state index in [-0.39, 0.29) is 6.10 Å². The van der Waals surface area contributed by atoms with Gasteiger partial charge in [-0.2, -0.15) is 5.06 Å². The molecule has 1 heterocycles. The van der Waals surface area contributed by atoms with Crippen LogP contribution in [0.25, 0.3) is 0 Å². The highest BCUT2D eigenvalue weighted by Crippen LogP contribution is 2.08. The van der Waals surface area contributed by atoms with Crippen LogP contribution < -0.4 is 0 Å². The zero-order chi connectivity index (χ0) is 7.56. The van der Waals surface area contributed by atoms with Crippen LogP contribution in [-0.2, 0) is 4.84 Å². The van der Waals surface area contributed by atoms with Gasteiger partial charge in [0.15, 0.2) is 0 Å². The molecule has 1 unspecified atom stereocenters. The summed E-state index contributed by atoms with van der Waals surface area (Å²) in [5.74, 6) is 0. The van der Waals surface area contributed by atoms with Crippen LogP contribution in [0.2, 0.25) is 0 Å². The van der Waals surface area contributed by atoms with Crippen molar-refractivity contribution in [3.05, 3.63) is 12.2 Å². The van der Waals surface area contributed by atoms with E-state index in [4.69, 9.17) is 4.84 Å². The fourth-order valence-corrected chi connectivity index (χ4v) is 0.981. The van der Waals surface area contributed by atoms with E-state index in [0.29, 0.717) is 6.04 Å². The fraction of sp³-hybridized carbons (Fsp3) is 0.750. The Bertz CT molecular complexity index is 131. The van der Waals surface area contributed by atoms with Crippen LogP contribution in [0.1, 0.15) is 20.8 Å². The second-order valence-corrected chi connectivity index (χ2v) is 2.93. The average molecular weight is 141 g/mol. The Morgan fingerprint density at radius 3 is 2.70 bits per heavy atom. The van der Waals surface area contributed by atoms with Crippen LogP contribution in [0.5, 0.6) is 0 Å². The van der Waals surface area contributed by atoms with Crippen molar-refractivity contribution in [1.29, 1.82) is 0 Å². The van der Waals surface area contributed by atoms with Gasteiger partial charge in [-0.3, -0.25) is 4.84 Å². The van der Waals surface area contributed by atoms with Crippen molar-refractivity contribution in [2.75, 3.05) is 6.54 Å². The lowest BCUT2D eigenvalue weighted by Crippen LogP contribution is -2.36. The van der Waals surface area contributed by atoms with E-state index in [0.717, 1.165) is 6.54 Å². The largest absolute Gasteiger partial charge is 0.291 e. The number of hydrogen-bond donors (Lipinski definition) is 0. The van der Waals surface area contributed by atoms with Crippen LogP contribution in [0.15, 0.2) is 12.2 Å². The molecule has 0 aromatic heterocycles. The van der Waals surface area contributed by atoms with E-state index in [2.05, 4.69) is 26.0 Å². The third-order valence-electron chi connectivity index (χ3n) is 1.57. The molecule has 1 atom stereocenters. The standard InChI is InChI=1S/C8H15NO/c1-7(2)9-6-4-5-8(3)10-9/h4-5,7-8H,6H2,1-3H3. The minimum Gasteiger partial charge on any atom is -0.291 e. The summed E-state index contributed by atoms with van der Waals surface area (Å²) in [4.78, 5) is 5.49. The Morgan fingerprint density at radius 2 is 2.30 bits per heavy atom. The molecule has 58 valence electrons. The lowest BCUT2D eigenvalue weighted by Gasteiger charge is -2.29. The smallest absolute Gasteiger partial charge is 0.0946 e. The second kappa shape index (κ2) is 3.17. The predicted octanol–water partition coefficient (Wildman–Crippen LogP) is 1.59. The highest BCUT2D eigenvalue weighted by atomic mass is 16.7. The predicted molar refractivity (Wildman–Crippen MR) is 41.5 cm³/mol. The van der Waals surface area contributed by atoms with E-state index in [1.807, 2.05) is 12.0 Å².